The molecule has 27 heavy (non-hydrogen) atoms. The van der Waals surface area contributed by atoms with Crippen LogP contribution in [0.2, 0.25) is 0 Å². The lowest BCUT2D eigenvalue weighted by atomic mass is 9.82. The fraction of sp³-hybridized carbons (Fsp3) is 0.750. The summed E-state index contributed by atoms with van der Waals surface area (Å²) >= 11 is 0. The molecule has 1 saturated carbocycles. The fourth-order valence-corrected chi connectivity index (χ4v) is 2.41. The number of carboxylic acid groups (broad SMARTS) is 2. The number of carboxylic acids is 2. The second-order valence-electron chi connectivity index (χ2n) is 7.27. The Hall–Kier alpha value is -2.40. The maximum Gasteiger partial charge on any atom is 0.414 e. The normalized spacial score (nSPS) is 21.5. The Labute approximate surface area is 158 Å². The molecule has 2 amide bonds. The highest BCUT2D eigenvalue weighted by Crippen LogP contribution is 2.25. The van der Waals surface area contributed by atoms with Gasteiger partial charge < -0.3 is 36.4 Å². The Balaban J connectivity index is 0. The summed E-state index contributed by atoms with van der Waals surface area (Å²) in [4.78, 5) is 43.6. The third kappa shape index (κ3) is 11.0. The van der Waals surface area contributed by atoms with Crippen molar-refractivity contribution in [1.29, 1.82) is 0 Å². The van der Waals surface area contributed by atoms with E-state index in [2.05, 4.69) is 5.32 Å². The molecule has 11 heteroatoms. The number of ether oxygens (including phenoxy) is 1. The molecule has 0 heterocycles. The number of amides is 2. The van der Waals surface area contributed by atoms with E-state index in [1.807, 2.05) is 20.8 Å². The van der Waals surface area contributed by atoms with Crippen molar-refractivity contribution in [3.63, 3.8) is 0 Å². The highest BCUT2D eigenvalue weighted by molar-refractivity contribution is 6.27. The number of alkyl carbamates (subject to hydrolysis) is 1. The molecule has 0 aliphatic heterocycles. The summed E-state index contributed by atoms with van der Waals surface area (Å²) in [5, 5.41) is 17.6. The van der Waals surface area contributed by atoms with Crippen LogP contribution in [0.4, 0.5) is 4.79 Å². The van der Waals surface area contributed by atoms with Gasteiger partial charge in [-0.25, -0.2) is 14.4 Å². The molecule has 3 unspecified atom stereocenters. The minimum atomic E-state index is -1.82. The SMILES string of the molecule is CN(C)C(=O)C1CCC(N)C(NC(=O)OC(C)(C)C)C1.O.O=C(O)C(=O)O. The van der Waals surface area contributed by atoms with Crippen molar-refractivity contribution < 1.29 is 39.6 Å². The molecule has 7 N–H and O–H groups in total. The highest BCUT2D eigenvalue weighted by atomic mass is 16.6. The number of nitrogens with zero attached hydrogens (tertiary/aromatic N) is 1. The van der Waals surface area contributed by atoms with E-state index in [0.717, 1.165) is 12.8 Å². The third-order valence-corrected chi connectivity index (χ3v) is 3.58. The van der Waals surface area contributed by atoms with Gasteiger partial charge in [-0.05, 0) is 40.0 Å². The second-order valence-corrected chi connectivity index (χ2v) is 7.27. The summed E-state index contributed by atoms with van der Waals surface area (Å²) in [6, 6.07) is -0.346. The van der Waals surface area contributed by atoms with Gasteiger partial charge in [0.15, 0.2) is 0 Å². The minimum absolute atomic E-state index is 0. The van der Waals surface area contributed by atoms with Crippen molar-refractivity contribution in [2.45, 2.75) is 57.7 Å². The fourth-order valence-electron chi connectivity index (χ4n) is 2.41. The van der Waals surface area contributed by atoms with Crippen molar-refractivity contribution in [1.82, 2.24) is 10.2 Å². The Morgan fingerprint density at radius 1 is 1.07 bits per heavy atom. The molecule has 1 fully saturated rings. The average molecular weight is 393 g/mol. The molecule has 0 aromatic carbocycles. The second kappa shape index (κ2) is 11.3. The van der Waals surface area contributed by atoms with E-state index in [9.17, 15) is 9.59 Å². The monoisotopic (exact) mass is 393 g/mol. The zero-order valence-corrected chi connectivity index (χ0v) is 16.3. The largest absolute Gasteiger partial charge is 0.473 e. The average Bonchev–Trinajstić information content (AvgIpc) is 2.47. The number of carbonyl (C=O) groups is 4. The predicted octanol–water partition coefficient (Wildman–Crippen LogP) is -0.574. The van der Waals surface area contributed by atoms with Crippen LogP contribution in [0.15, 0.2) is 0 Å². The zero-order chi connectivity index (χ0) is 20.7. The molecule has 0 spiro atoms. The smallest absolute Gasteiger partial charge is 0.414 e. The highest BCUT2D eigenvalue weighted by Gasteiger charge is 2.34. The zero-order valence-electron chi connectivity index (χ0n) is 16.3. The number of rotatable bonds is 2. The molecule has 0 bridgehead atoms. The summed E-state index contributed by atoms with van der Waals surface area (Å²) in [7, 11) is 3.49. The van der Waals surface area contributed by atoms with Crippen LogP contribution in [-0.2, 0) is 19.1 Å². The lowest BCUT2D eigenvalue weighted by molar-refractivity contribution is -0.159. The van der Waals surface area contributed by atoms with E-state index in [1.54, 1.807) is 19.0 Å². The first-order chi connectivity index (χ1) is 11.7. The van der Waals surface area contributed by atoms with E-state index >= 15 is 0 Å². The van der Waals surface area contributed by atoms with Gasteiger partial charge in [-0.15, -0.1) is 0 Å². The van der Waals surface area contributed by atoms with E-state index < -0.39 is 23.6 Å². The van der Waals surface area contributed by atoms with Gasteiger partial charge in [0.25, 0.3) is 0 Å². The van der Waals surface area contributed by atoms with Gasteiger partial charge in [0.1, 0.15) is 5.60 Å². The van der Waals surface area contributed by atoms with Gasteiger partial charge in [0.05, 0.1) is 0 Å². The number of nitrogens with one attached hydrogen (secondary N) is 1. The summed E-state index contributed by atoms with van der Waals surface area (Å²) in [6.45, 7) is 5.43. The minimum Gasteiger partial charge on any atom is -0.473 e. The van der Waals surface area contributed by atoms with Crippen LogP contribution in [0.1, 0.15) is 40.0 Å². The van der Waals surface area contributed by atoms with Crippen molar-refractivity contribution in [2.75, 3.05) is 14.1 Å². The summed E-state index contributed by atoms with van der Waals surface area (Å²) < 4.78 is 5.23. The summed E-state index contributed by atoms with van der Waals surface area (Å²) in [6.07, 6.45) is 1.59. The first-order valence-electron chi connectivity index (χ1n) is 8.17. The molecule has 1 rings (SSSR count). The van der Waals surface area contributed by atoms with Crippen molar-refractivity contribution in [2.24, 2.45) is 11.7 Å². The molecular weight excluding hydrogens is 362 g/mol. The van der Waals surface area contributed by atoms with Crippen molar-refractivity contribution in [3.8, 4) is 0 Å². The molecule has 11 nitrogen and oxygen atoms in total. The van der Waals surface area contributed by atoms with Gasteiger partial charge in [0, 0.05) is 32.1 Å². The molecule has 158 valence electrons. The molecule has 0 aromatic heterocycles. The number of carbonyl (C=O) groups excluding carboxylic acids is 2. The van der Waals surface area contributed by atoms with Gasteiger partial charge in [-0.3, -0.25) is 4.79 Å². The van der Waals surface area contributed by atoms with Crippen LogP contribution in [-0.4, -0.2) is 76.3 Å². The van der Waals surface area contributed by atoms with Gasteiger partial charge in [-0.1, -0.05) is 0 Å². The predicted molar refractivity (Wildman–Crippen MR) is 96.1 cm³/mol. The van der Waals surface area contributed by atoms with Crippen LogP contribution in [0.25, 0.3) is 0 Å². The van der Waals surface area contributed by atoms with E-state index in [1.165, 1.54) is 0 Å². The third-order valence-electron chi connectivity index (χ3n) is 3.58. The van der Waals surface area contributed by atoms with Gasteiger partial charge in [-0.2, -0.15) is 0 Å². The van der Waals surface area contributed by atoms with Crippen LogP contribution in [0, 0.1) is 5.92 Å². The quantitative estimate of drug-likeness (QED) is 0.448. The molecule has 1 aliphatic carbocycles. The maximum absolute atomic E-state index is 12.0. The topological polar surface area (TPSA) is 191 Å². The van der Waals surface area contributed by atoms with Crippen LogP contribution in [0.5, 0.6) is 0 Å². The van der Waals surface area contributed by atoms with E-state index in [0.29, 0.717) is 6.42 Å². The number of aliphatic carboxylic acids is 2. The van der Waals surface area contributed by atoms with Gasteiger partial charge in [0.2, 0.25) is 5.91 Å². The first kappa shape index (κ1) is 26.8. The Kier molecular flexibility index (Phi) is 11.3. The van der Waals surface area contributed by atoms with Crippen LogP contribution < -0.4 is 11.1 Å². The first-order valence-corrected chi connectivity index (χ1v) is 8.17. The van der Waals surface area contributed by atoms with Crippen molar-refractivity contribution in [3.05, 3.63) is 0 Å². The Morgan fingerprint density at radius 3 is 1.93 bits per heavy atom. The number of hydrogen-bond donors (Lipinski definition) is 4. The van der Waals surface area contributed by atoms with E-state index in [-0.39, 0.29) is 29.4 Å². The molecule has 0 saturated heterocycles. The standard InChI is InChI=1S/C14H27N3O3.C2H2O4.H2O/c1-14(2,3)20-13(19)16-11-8-9(6-7-10(11)15)12(18)17(4)5;3-1(4)2(5)6;/h9-11H,6-8,15H2,1-5H3,(H,16,19);(H,3,4)(H,5,6);1H2. The van der Waals surface area contributed by atoms with Crippen molar-refractivity contribution >= 4 is 23.9 Å². The molecule has 1 aliphatic rings. The molecule has 0 aromatic rings. The summed E-state index contributed by atoms with van der Waals surface area (Å²) in [5.74, 6) is -3.64. The molecule has 3 atom stereocenters. The van der Waals surface area contributed by atoms with Crippen LogP contribution in [0.3, 0.4) is 0 Å². The lowest BCUT2D eigenvalue weighted by Crippen LogP contribution is -2.53. The molecular formula is C16H31N3O8. The number of nitrogens with two attached hydrogens (primary N) is 1. The number of hydrogen-bond acceptors (Lipinski definition) is 6. The summed E-state index contributed by atoms with van der Waals surface area (Å²) in [5.41, 5.74) is 5.49. The molecule has 0 radical (unpaired) electrons. The lowest BCUT2D eigenvalue weighted by Gasteiger charge is -2.35. The van der Waals surface area contributed by atoms with Gasteiger partial charge >= 0.3 is 18.0 Å². The maximum atomic E-state index is 12.0. The Bertz CT molecular complexity index is 518. The van der Waals surface area contributed by atoms with Crippen LogP contribution >= 0.6 is 0 Å². The van der Waals surface area contributed by atoms with E-state index in [4.69, 9.17) is 30.3 Å². The Morgan fingerprint density at radius 2 is 1.56 bits per heavy atom.